The summed E-state index contributed by atoms with van der Waals surface area (Å²) in [6, 6.07) is 11.7. The number of alkyl halides is 1. The molecule has 8 heteroatoms. The molecule has 0 saturated heterocycles. The van der Waals surface area contributed by atoms with Gasteiger partial charge in [-0.3, -0.25) is 4.79 Å². The maximum atomic E-state index is 13.0. The van der Waals surface area contributed by atoms with E-state index in [9.17, 15) is 9.18 Å². The van der Waals surface area contributed by atoms with E-state index in [1.54, 1.807) is 30.2 Å². The fourth-order valence-corrected chi connectivity index (χ4v) is 4.45. The molecule has 150 valence electrons. The van der Waals surface area contributed by atoms with Gasteiger partial charge in [-0.15, -0.1) is 0 Å². The summed E-state index contributed by atoms with van der Waals surface area (Å²) in [4.78, 5) is 20.6. The number of pyridine rings is 1. The Labute approximate surface area is 177 Å². The van der Waals surface area contributed by atoms with E-state index < -0.39 is 6.67 Å². The number of nitrogens with zero attached hydrogens (tertiary/aromatic N) is 3. The van der Waals surface area contributed by atoms with Crippen molar-refractivity contribution in [3.8, 4) is 11.3 Å². The van der Waals surface area contributed by atoms with Crippen molar-refractivity contribution in [3.05, 3.63) is 59.5 Å². The van der Waals surface area contributed by atoms with E-state index in [1.165, 1.54) is 11.8 Å². The Morgan fingerprint density at radius 1 is 1.28 bits per heavy atom. The maximum Gasteiger partial charge on any atom is 0.223 e. The predicted molar refractivity (Wildman–Crippen MR) is 112 cm³/mol. The van der Waals surface area contributed by atoms with Crippen LogP contribution in [0.1, 0.15) is 17.9 Å². The molecule has 1 aliphatic rings. The first-order valence-electron chi connectivity index (χ1n) is 9.33. The van der Waals surface area contributed by atoms with Gasteiger partial charge in [0.15, 0.2) is 0 Å². The fraction of sp³-hybridized carbons (Fsp3) is 0.286. The molecule has 0 aliphatic heterocycles. The van der Waals surface area contributed by atoms with Gasteiger partial charge < -0.3 is 9.88 Å². The van der Waals surface area contributed by atoms with Crippen molar-refractivity contribution >= 4 is 29.3 Å². The zero-order chi connectivity index (χ0) is 20.4. The number of carbonyl (C=O) groups excluding carboxylic acids is 1. The minimum Gasteiger partial charge on any atom is -0.359 e. The number of amides is 1. The van der Waals surface area contributed by atoms with E-state index in [1.807, 2.05) is 30.3 Å². The molecule has 29 heavy (non-hydrogen) atoms. The van der Waals surface area contributed by atoms with Crippen LogP contribution in [0.4, 0.5) is 4.39 Å². The molecule has 2 unspecified atom stereocenters. The summed E-state index contributed by atoms with van der Waals surface area (Å²) in [6.07, 6.45) is 4.13. The standard InChI is InChI=1S/C21H20ClFN4OS/c1-24-20(28)17-10-16(17)13-2-4-14(5-3-13)19-21(27(9-8-23)12-26-19)29-18-7-6-15(22)11-25-18/h2-7,11-12,16-17H,8-10H2,1H3,(H,24,28). The van der Waals surface area contributed by atoms with E-state index in [0.29, 0.717) is 5.02 Å². The van der Waals surface area contributed by atoms with Crippen LogP contribution in [-0.4, -0.2) is 34.2 Å². The number of carbonyl (C=O) groups is 1. The van der Waals surface area contributed by atoms with Crippen molar-refractivity contribution in [3.63, 3.8) is 0 Å². The molecule has 1 amide bonds. The number of aromatic nitrogens is 3. The lowest BCUT2D eigenvalue weighted by Gasteiger charge is -2.09. The minimum atomic E-state index is -0.473. The Morgan fingerprint density at radius 3 is 2.72 bits per heavy atom. The zero-order valence-electron chi connectivity index (χ0n) is 15.8. The summed E-state index contributed by atoms with van der Waals surface area (Å²) in [6.45, 7) is -0.240. The topological polar surface area (TPSA) is 59.8 Å². The van der Waals surface area contributed by atoms with E-state index in [2.05, 4.69) is 15.3 Å². The Bertz CT molecular complexity index is 1010. The van der Waals surface area contributed by atoms with Gasteiger partial charge in [-0.2, -0.15) is 0 Å². The van der Waals surface area contributed by atoms with Crippen LogP contribution in [0.3, 0.4) is 0 Å². The molecule has 5 nitrogen and oxygen atoms in total. The molecular formula is C21H20ClFN4OS. The second kappa shape index (κ2) is 8.55. The first-order valence-corrected chi connectivity index (χ1v) is 10.5. The van der Waals surface area contributed by atoms with Gasteiger partial charge in [-0.05, 0) is 41.8 Å². The SMILES string of the molecule is CNC(=O)C1CC1c1ccc(-c2ncn(CCF)c2Sc2ccc(Cl)cn2)cc1. The van der Waals surface area contributed by atoms with Crippen molar-refractivity contribution < 1.29 is 9.18 Å². The number of rotatable bonds is 7. The van der Waals surface area contributed by atoms with Crippen LogP contribution < -0.4 is 5.32 Å². The van der Waals surface area contributed by atoms with Crippen LogP contribution in [0.15, 0.2) is 59.0 Å². The number of benzene rings is 1. The lowest BCUT2D eigenvalue weighted by Crippen LogP contribution is -2.20. The van der Waals surface area contributed by atoms with Crippen molar-refractivity contribution in [2.45, 2.75) is 28.9 Å². The number of imidazole rings is 1. The molecule has 0 bridgehead atoms. The van der Waals surface area contributed by atoms with Crippen molar-refractivity contribution in [2.75, 3.05) is 13.7 Å². The highest BCUT2D eigenvalue weighted by Crippen LogP contribution is 2.48. The Morgan fingerprint density at radius 2 is 2.07 bits per heavy atom. The molecule has 2 heterocycles. The third-order valence-electron chi connectivity index (χ3n) is 5.00. The summed E-state index contributed by atoms with van der Waals surface area (Å²) in [5, 5.41) is 4.88. The van der Waals surface area contributed by atoms with Gasteiger partial charge in [-0.25, -0.2) is 14.4 Å². The summed E-state index contributed by atoms with van der Waals surface area (Å²) >= 11 is 7.35. The highest BCUT2D eigenvalue weighted by atomic mass is 35.5. The van der Waals surface area contributed by atoms with Crippen molar-refractivity contribution in [1.29, 1.82) is 0 Å². The molecule has 4 rings (SSSR count). The molecule has 0 radical (unpaired) electrons. The van der Waals surface area contributed by atoms with Gasteiger partial charge in [0.2, 0.25) is 5.91 Å². The summed E-state index contributed by atoms with van der Waals surface area (Å²) < 4.78 is 14.8. The van der Waals surface area contributed by atoms with Gasteiger partial charge in [0, 0.05) is 24.7 Å². The molecule has 3 aromatic rings. The lowest BCUT2D eigenvalue weighted by atomic mass is 10.1. The molecule has 1 N–H and O–H groups in total. The summed E-state index contributed by atoms with van der Waals surface area (Å²) in [7, 11) is 1.67. The minimum absolute atomic E-state index is 0.0664. The number of hydrogen-bond donors (Lipinski definition) is 1. The largest absolute Gasteiger partial charge is 0.359 e. The first kappa shape index (κ1) is 19.9. The quantitative estimate of drug-likeness (QED) is 0.596. The van der Waals surface area contributed by atoms with Gasteiger partial charge in [-0.1, -0.05) is 35.9 Å². The molecule has 1 saturated carbocycles. The van der Waals surface area contributed by atoms with Crippen LogP contribution >= 0.6 is 23.4 Å². The predicted octanol–water partition coefficient (Wildman–Crippen LogP) is 4.57. The van der Waals surface area contributed by atoms with E-state index in [0.717, 1.165) is 33.3 Å². The molecule has 1 aliphatic carbocycles. The summed E-state index contributed by atoms with van der Waals surface area (Å²) in [5.41, 5.74) is 2.88. The fourth-order valence-electron chi connectivity index (χ4n) is 3.37. The second-order valence-corrected chi connectivity index (χ2v) is 8.33. The van der Waals surface area contributed by atoms with Gasteiger partial charge in [0.1, 0.15) is 22.4 Å². The number of aryl methyl sites for hydroxylation is 1. The normalized spacial score (nSPS) is 17.9. The zero-order valence-corrected chi connectivity index (χ0v) is 17.4. The number of nitrogens with one attached hydrogen (secondary N) is 1. The molecule has 2 aromatic heterocycles. The Hall–Kier alpha value is -2.38. The van der Waals surface area contributed by atoms with Crippen LogP contribution in [0, 0.1) is 5.92 Å². The first-order chi connectivity index (χ1) is 14.1. The van der Waals surface area contributed by atoms with Crippen LogP contribution in [0.25, 0.3) is 11.3 Å². The smallest absolute Gasteiger partial charge is 0.223 e. The van der Waals surface area contributed by atoms with E-state index >= 15 is 0 Å². The monoisotopic (exact) mass is 430 g/mol. The third kappa shape index (κ3) is 4.31. The van der Waals surface area contributed by atoms with Crippen molar-refractivity contribution in [2.24, 2.45) is 5.92 Å². The molecule has 1 fully saturated rings. The molecule has 1 aromatic carbocycles. The molecular weight excluding hydrogens is 411 g/mol. The second-order valence-electron chi connectivity index (χ2n) is 6.88. The summed E-state index contributed by atoms with van der Waals surface area (Å²) in [5.74, 6) is 0.440. The third-order valence-corrected chi connectivity index (χ3v) is 6.30. The molecule has 0 spiro atoms. The maximum absolute atomic E-state index is 13.0. The molecule has 2 atom stereocenters. The van der Waals surface area contributed by atoms with Crippen molar-refractivity contribution in [1.82, 2.24) is 19.9 Å². The van der Waals surface area contributed by atoms with Gasteiger partial charge in [0.05, 0.1) is 17.9 Å². The number of hydrogen-bond acceptors (Lipinski definition) is 4. The highest BCUT2D eigenvalue weighted by Gasteiger charge is 2.43. The lowest BCUT2D eigenvalue weighted by molar-refractivity contribution is -0.121. The Kier molecular flexibility index (Phi) is 5.87. The van der Waals surface area contributed by atoms with Crippen LogP contribution in [0.2, 0.25) is 5.02 Å². The average molecular weight is 431 g/mol. The highest BCUT2D eigenvalue weighted by molar-refractivity contribution is 7.99. The van der Waals surface area contributed by atoms with E-state index in [4.69, 9.17) is 11.6 Å². The Balaban J connectivity index is 1.59. The van der Waals surface area contributed by atoms with Crippen LogP contribution in [-0.2, 0) is 11.3 Å². The van der Waals surface area contributed by atoms with E-state index in [-0.39, 0.29) is 24.3 Å². The van der Waals surface area contributed by atoms with Gasteiger partial charge in [0.25, 0.3) is 0 Å². The average Bonchev–Trinajstić information content (AvgIpc) is 3.46. The van der Waals surface area contributed by atoms with Crippen LogP contribution in [0.5, 0.6) is 0 Å². The van der Waals surface area contributed by atoms with Gasteiger partial charge >= 0.3 is 0 Å². The number of halogens is 2.